The van der Waals surface area contributed by atoms with Gasteiger partial charge in [0, 0.05) is 12.1 Å². The van der Waals surface area contributed by atoms with Crippen LogP contribution in [0.5, 0.6) is 0 Å². The van der Waals surface area contributed by atoms with Crippen LogP contribution < -0.4 is 5.32 Å². The Bertz CT molecular complexity index is 510. The van der Waals surface area contributed by atoms with Crippen molar-refractivity contribution in [3.05, 3.63) is 29.6 Å². The predicted molar refractivity (Wildman–Crippen MR) is 45.9 cm³/mol. The molecule has 1 N–H and O–H groups in total. The Balaban J connectivity index is 3.08. The Hall–Kier alpha value is -1.87. The second-order valence-electron chi connectivity index (χ2n) is 3.28. The Morgan fingerprint density at radius 1 is 1.00 bits per heavy atom. The fraction of sp³-hybridized carbons (Fsp3) is 0.222. The van der Waals surface area contributed by atoms with E-state index < -0.39 is 41.1 Å². The van der Waals surface area contributed by atoms with Crippen molar-refractivity contribution in [1.82, 2.24) is 0 Å². The van der Waals surface area contributed by atoms with Gasteiger partial charge < -0.3 is 5.32 Å². The minimum absolute atomic E-state index is 0.0207. The van der Waals surface area contributed by atoms with Crippen LogP contribution in [0.2, 0.25) is 0 Å². The normalized spacial score (nSPS) is 12.4. The van der Waals surface area contributed by atoms with Crippen LogP contribution in [0, 0.1) is 17.5 Å². The molecule has 0 fully saturated rings. The highest BCUT2D eigenvalue weighted by molar-refractivity contribution is 5.96. The molecule has 0 aliphatic carbocycles. The lowest BCUT2D eigenvalue weighted by atomic mass is 10.2. The van der Waals surface area contributed by atoms with E-state index in [1.807, 2.05) is 0 Å². The van der Waals surface area contributed by atoms with Crippen LogP contribution in [0.1, 0.15) is 0 Å². The standard InChI is InChI=1S/C9H3F8NO/c10-3-1-4(11)6(12)5(2-3)18-7(19)8(13,14)9(15,16)17/h1-2H,(H,18,19). The summed E-state index contributed by atoms with van der Waals surface area (Å²) in [6.45, 7) is 0. The molecule has 106 valence electrons. The van der Waals surface area contributed by atoms with E-state index in [0.29, 0.717) is 0 Å². The molecule has 0 radical (unpaired) electrons. The summed E-state index contributed by atoms with van der Waals surface area (Å²) in [5.41, 5.74) is -1.47. The van der Waals surface area contributed by atoms with E-state index in [1.165, 1.54) is 0 Å². The molecule has 0 saturated carbocycles. The lowest BCUT2D eigenvalue weighted by Gasteiger charge is -2.18. The van der Waals surface area contributed by atoms with E-state index in [-0.39, 0.29) is 12.1 Å². The van der Waals surface area contributed by atoms with Crippen molar-refractivity contribution in [3.63, 3.8) is 0 Å². The molecule has 0 spiro atoms. The summed E-state index contributed by atoms with van der Waals surface area (Å²) in [7, 11) is 0. The molecule has 2 nitrogen and oxygen atoms in total. The number of carbonyl (C=O) groups is 1. The van der Waals surface area contributed by atoms with E-state index in [4.69, 9.17) is 0 Å². The molecule has 1 aromatic carbocycles. The molecule has 1 aromatic rings. The first-order valence-corrected chi connectivity index (χ1v) is 4.37. The molecular weight excluding hydrogens is 290 g/mol. The summed E-state index contributed by atoms with van der Waals surface area (Å²) in [5.74, 6) is -14.1. The van der Waals surface area contributed by atoms with Gasteiger partial charge in [-0.25, -0.2) is 13.2 Å². The highest BCUT2D eigenvalue weighted by atomic mass is 19.4. The zero-order valence-corrected chi connectivity index (χ0v) is 8.59. The highest BCUT2D eigenvalue weighted by Gasteiger charge is 2.63. The van der Waals surface area contributed by atoms with Crippen LogP contribution in [-0.4, -0.2) is 18.0 Å². The summed E-state index contributed by atoms with van der Waals surface area (Å²) in [6.07, 6.45) is -6.22. The molecule has 0 unspecified atom stereocenters. The number of hydrogen-bond donors (Lipinski definition) is 1. The first kappa shape index (κ1) is 15.2. The van der Waals surface area contributed by atoms with E-state index >= 15 is 0 Å². The van der Waals surface area contributed by atoms with Gasteiger partial charge in [-0.1, -0.05) is 0 Å². The maximum absolute atomic E-state index is 12.9. The SMILES string of the molecule is O=C(Nc1cc(F)cc(F)c1F)C(F)(F)C(F)(F)F. The van der Waals surface area contributed by atoms with Crippen LogP contribution in [0.15, 0.2) is 12.1 Å². The second kappa shape index (κ2) is 4.67. The summed E-state index contributed by atoms with van der Waals surface area (Å²) >= 11 is 0. The quantitative estimate of drug-likeness (QED) is 0.658. The van der Waals surface area contributed by atoms with Crippen molar-refractivity contribution in [3.8, 4) is 0 Å². The number of alkyl halides is 5. The fourth-order valence-electron chi connectivity index (χ4n) is 0.976. The molecule has 0 saturated heterocycles. The molecule has 0 atom stereocenters. The van der Waals surface area contributed by atoms with Crippen molar-refractivity contribution in [2.75, 3.05) is 5.32 Å². The smallest absolute Gasteiger partial charge is 0.318 e. The monoisotopic (exact) mass is 293 g/mol. The molecule has 1 rings (SSSR count). The van der Waals surface area contributed by atoms with Crippen LogP contribution in [0.4, 0.5) is 40.8 Å². The van der Waals surface area contributed by atoms with Gasteiger partial charge in [0.1, 0.15) is 5.82 Å². The highest BCUT2D eigenvalue weighted by Crippen LogP contribution is 2.36. The number of rotatable bonds is 2. The molecule has 0 aromatic heterocycles. The largest absolute Gasteiger partial charge is 0.463 e. The summed E-state index contributed by atoms with van der Waals surface area (Å²) < 4.78 is 98.6. The molecule has 0 bridgehead atoms. The number of benzene rings is 1. The van der Waals surface area contributed by atoms with E-state index in [1.54, 1.807) is 0 Å². The van der Waals surface area contributed by atoms with Gasteiger partial charge >= 0.3 is 18.0 Å². The van der Waals surface area contributed by atoms with Gasteiger partial charge in [-0.2, -0.15) is 22.0 Å². The minimum atomic E-state index is -6.22. The van der Waals surface area contributed by atoms with Crippen molar-refractivity contribution in [1.29, 1.82) is 0 Å². The molecule has 0 aliphatic rings. The van der Waals surface area contributed by atoms with Crippen LogP contribution in [-0.2, 0) is 4.79 Å². The lowest BCUT2D eigenvalue weighted by molar-refractivity contribution is -0.267. The maximum Gasteiger partial charge on any atom is 0.463 e. The Morgan fingerprint density at radius 3 is 2.00 bits per heavy atom. The van der Waals surface area contributed by atoms with Gasteiger partial charge in [0.2, 0.25) is 0 Å². The fourth-order valence-corrected chi connectivity index (χ4v) is 0.976. The summed E-state index contributed by atoms with van der Waals surface area (Å²) in [5, 5.41) is 0.775. The zero-order chi connectivity index (χ0) is 15.0. The van der Waals surface area contributed by atoms with Crippen LogP contribution in [0.3, 0.4) is 0 Å². The molecule has 19 heavy (non-hydrogen) atoms. The van der Waals surface area contributed by atoms with Crippen LogP contribution in [0.25, 0.3) is 0 Å². The Labute approximate surface area is 99.6 Å². The second-order valence-corrected chi connectivity index (χ2v) is 3.28. The Kier molecular flexibility index (Phi) is 3.73. The maximum atomic E-state index is 12.9. The number of amides is 1. The van der Waals surface area contributed by atoms with Gasteiger partial charge in [0.25, 0.3) is 0 Å². The third-order valence-corrected chi connectivity index (χ3v) is 1.88. The average molecular weight is 293 g/mol. The third-order valence-electron chi connectivity index (χ3n) is 1.88. The molecule has 0 aliphatic heterocycles. The van der Waals surface area contributed by atoms with Gasteiger partial charge in [-0.3, -0.25) is 4.79 Å². The minimum Gasteiger partial charge on any atom is -0.318 e. The molecule has 0 heterocycles. The first-order chi connectivity index (χ1) is 8.46. The topological polar surface area (TPSA) is 29.1 Å². The first-order valence-electron chi connectivity index (χ1n) is 4.37. The van der Waals surface area contributed by atoms with E-state index in [2.05, 4.69) is 0 Å². The number of carbonyl (C=O) groups excluding carboxylic acids is 1. The number of nitrogens with one attached hydrogen (secondary N) is 1. The predicted octanol–water partition coefficient (Wildman–Crippen LogP) is 3.24. The van der Waals surface area contributed by atoms with Crippen LogP contribution >= 0.6 is 0 Å². The van der Waals surface area contributed by atoms with Gasteiger partial charge in [0.15, 0.2) is 11.6 Å². The number of halogens is 8. The van der Waals surface area contributed by atoms with Gasteiger partial charge in [-0.15, -0.1) is 0 Å². The van der Waals surface area contributed by atoms with Crippen molar-refractivity contribution in [2.45, 2.75) is 12.1 Å². The third kappa shape index (κ3) is 2.93. The van der Waals surface area contributed by atoms with Crippen molar-refractivity contribution >= 4 is 11.6 Å². The number of hydrogen-bond acceptors (Lipinski definition) is 1. The number of anilines is 1. The van der Waals surface area contributed by atoms with Crippen molar-refractivity contribution < 1.29 is 39.9 Å². The van der Waals surface area contributed by atoms with Gasteiger partial charge in [0.05, 0.1) is 5.69 Å². The molecule has 1 amide bonds. The molecular formula is C9H3F8NO. The average Bonchev–Trinajstić information content (AvgIpc) is 2.23. The summed E-state index contributed by atoms with van der Waals surface area (Å²) in [4.78, 5) is 10.7. The zero-order valence-electron chi connectivity index (χ0n) is 8.59. The summed E-state index contributed by atoms with van der Waals surface area (Å²) in [6, 6.07) is 0.0790. The molecule has 10 heteroatoms. The Morgan fingerprint density at radius 2 is 1.53 bits per heavy atom. The lowest BCUT2D eigenvalue weighted by Crippen LogP contribution is -2.47. The van der Waals surface area contributed by atoms with E-state index in [0.717, 1.165) is 5.32 Å². The van der Waals surface area contributed by atoms with Crippen molar-refractivity contribution in [2.24, 2.45) is 0 Å². The van der Waals surface area contributed by atoms with E-state index in [9.17, 15) is 39.9 Å². The van der Waals surface area contributed by atoms with Gasteiger partial charge in [-0.05, 0) is 0 Å².